The summed E-state index contributed by atoms with van der Waals surface area (Å²) in [4.78, 5) is 26.8. The lowest BCUT2D eigenvalue weighted by molar-refractivity contribution is -0.138. The fourth-order valence-electron chi connectivity index (χ4n) is 4.53. The molecule has 1 aliphatic rings. The number of benzene rings is 2. The minimum Gasteiger partial charge on any atom is -0.481 e. The smallest absolute Gasteiger partial charge is 0.316 e. The third kappa shape index (κ3) is 4.99. The Morgan fingerprint density at radius 3 is 2.49 bits per heavy atom. The molecule has 7 nitrogen and oxygen atoms in total. The third-order valence-corrected chi connectivity index (χ3v) is 6.48. The van der Waals surface area contributed by atoms with E-state index in [2.05, 4.69) is 19.9 Å². The first-order chi connectivity index (χ1) is 16.9. The molecule has 0 aliphatic heterocycles. The highest BCUT2D eigenvalue weighted by molar-refractivity contribution is 5.80. The SMILES string of the molecule is Cc1cc2[nH]c(-c3ccc(-c4cnc(OC5CCC(CC(=O)O)CC5)nc4)cc3F)nc2cc1F. The van der Waals surface area contributed by atoms with Gasteiger partial charge in [0.25, 0.3) is 0 Å². The standard InChI is InChI=1S/C26H24F2N4O3/c1-14-8-22-23(11-20(14)27)32-25(31-22)19-7-4-16(10-21(19)28)17-12-29-26(30-13-17)35-18-5-2-15(3-6-18)9-24(33)34/h4,7-8,10-13,15,18H,2-3,5-6,9H2,1H3,(H,31,32)(H,33,34). The molecule has 0 atom stereocenters. The Labute approximate surface area is 200 Å². The Hall–Kier alpha value is -3.88. The van der Waals surface area contributed by atoms with E-state index in [4.69, 9.17) is 9.84 Å². The third-order valence-electron chi connectivity index (χ3n) is 6.48. The summed E-state index contributed by atoms with van der Waals surface area (Å²) in [7, 11) is 0. The normalized spacial score (nSPS) is 18.0. The molecule has 0 spiro atoms. The molecule has 0 bridgehead atoms. The Kier molecular flexibility index (Phi) is 6.15. The van der Waals surface area contributed by atoms with Gasteiger partial charge >= 0.3 is 12.0 Å². The van der Waals surface area contributed by atoms with Gasteiger partial charge in [-0.05, 0) is 67.9 Å². The van der Waals surface area contributed by atoms with Gasteiger partial charge in [-0.3, -0.25) is 4.79 Å². The number of hydrogen-bond donors (Lipinski definition) is 2. The first-order valence-electron chi connectivity index (χ1n) is 11.5. The number of carboxylic acids is 1. The molecule has 1 saturated carbocycles. The zero-order chi connectivity index (χ0) is 24.5. The summed E-state index contributed by atoms with van der Waals surface area (Å²) in [6, 6.07) is 7.98. The van der Waals surface area contributed by atoms with Crippen molar-refractivity contribution in [3.05, 3.63) is 59.9 Å². The molecule has 0 unspecified atom stereocenters. The molecule has 0 saturated heterocycles. The van der Waals surface area contributed by atoms with Gasteiger partial charge in [-0.2, -0.15) is 0 Å². The number of nitrogens with zero attached hydrogens (tertiary/aromatic N) is 3. The van der Waals surface area contributed by atoms with Crippen LogP contribution >= 0.6 is 0 Å². The highest BCUT2D eigenvalue weighted by Crippen LogP contribution is 2.30. The molecule has 4 aromatic rings. The maximum Gasteiger partial charge on any atom is 0.316 e. The van der Waals surface area contributed by atoms with Crippen LogP contribution in [0.25, 0.3) is 33.5 Å². The van der Waals surface area contributed by atoms with Crippen LogP contribution in [-0.2, 0) is 4.79 Å². The van der Waals surface area contributed by atoms with Crippen LogP contribution in [0.15, 0.2) is 42.7 Å². The van der Waals surface area contributed by atoms with Crippen LogP contribution in [0.5, 0.6) is 6.01 Å². The molecule has 0 amide bonds. The van der Waals surface area contributed by atoms with Gasteiger partial charge in [-0.15, -0.1) is 0 Å². The Morgan fingerprint density at radius 1 is 1.06 bits per heavy atom. The van der Waals surface area contributed by atoms with E-state index in [-0.39, 0.29) is 35.8 Å². The topological polar surface area (TPSA) is 101 Å². The number of H-pyrrole nitrogens is 1. The first-order valence-corrected chi connectivity index (χ1v) is 11.5. The number of nitrogens with one attached hydrogen (secondary N) is 1. The quantitative estimate of drug-likeness (QED) is 0.369. The second-order valence-electron chi connectivity index (χ2n) is 9.01. The molecule has 2 N–H and O–H groups in total. The summed E-state index contributed by atoms with van der Waals surface area (Å²) in [5.41, 5.74) is 3.08. The minimum absolute atomic E-state index is 0.0382. The number of fused-ring (bicyclic) bond motifs is 1. The number of rotatable bonds is 6. The van der Waals surface area contributed by atoms with Gasteiger partial charge in [0.05, 0.1) is 16.6 Å². The lowest BCUT2D eigenvalue weighted by Crippen LogP contribution is -2.25. The molecular formula is C26H24F2N4O3. The zero-order valence-electron chi connectivity index (χ0n) is 19.1. The number of imidazole rings is 1. The molecule has 35 heavy (non-hydrogen) atoms. The number of halogens is 2. The van der Waals surface area contributed by atoms with Crippen LogP contribution in [0.1, 0.15) is 37.7 Å². The lowest BCUT2D eigenvalue weighted by atomic mass is 9.85. The highest BCUT2D eigenvalue weighted by atomic mass is 19.1. The van der Waals surface area contributed by atoms with Crippen molar-refractivity contribution in [1.82, 2.24) is 19.9 Å². The molecule has 9 heteroatoms. The van der Waals surface area contributed by atoms with Gasteiger partial charge in [0.2, 0.25) is 0 Å². The Bertz CT molecular complexity index is 1340. The van der Waals surface area contributed by atoms with Crippen LogP contribution in [0.4, 0.5) is 8.78 Å². The summed E-state index contributed by atoms with van der Waals surface area (Å²) in [5.74, 6) is -1.08. The van der Waals surface area contributed by atoms with Crippen molar-refractivity contribution in [3.63, 3.8) is 0 Å². The van der Waals surface area contributed by atoms with Crippen LogP contribution in [-0.4, -0.2) is 37.1 Å². The fourth-order valence-corrected chi connectivity index (χ4v) is 4.53. The summed E-state index contributed by atoms with van der Waals surface area (Å²) < 4.78 is 34.7. The van der Waals surface area contributed by atoms with Gasteiger partial charge in [0.15, 0.2) is 0 Å². The number of aromatic nitrogens is 4. The van der Waals surface area contributed by atoms with Crippen LogP contribution < -0.4 is 4.74 Å². The van der Waals surface area contributed by atoms with Crippen molar-refractivity contribution in [2.75, 3.05) is 0 Å². The highest BCUT2D eigenvalue weighted by Gasteiger charge is 2.24. The maximum absolute atomic E-state index is 15.0. The van der Waals surface area contributed by atoms with Gasteiger partial charge in [-0.1, -0.05) is 6.07 Å². The molecule has 2 heterocycles. The molecule has 2 aromatic carbocycles. The predicted molar refractivity (Wildman–Crippen MR) is 126 cm³/mol. The van der Waals surface area contributed by atoms with Gasteiger partial charge in [0, 0.05) is 30.4 Å². The first kappa shape index (κ1) is 22.9. The van der Waals surface area contributed by atoms with Crippen molar-refractivity contribution in [1.29, 1.82) is 0 Å². The summed E-state index contributed by atoms with van der Waals surface area (Å²) in [5, 5.41) is 8.93. The van der Waals surface area contributed by atoms with E-state index in [0.29, 0.717) is 33.5 Å². The zero-order valence-corrected chi connectivity index (χ0v) is 19.1. The van der Waals surface area contributed by atoms with Crippen molar-refractivity contribution >= 4 is 17.0 Å². The summed E-state index contributed by atoms with van der Waals surface area (Å²) in [6.07, 6.45) is 6.47. The lowest BCUT2D eigenvalue weighted by Gasteiger charge is -2.27. The van der Waals surface area contributed by atoms with Gasteiger partial charge in [0.1, 0.15) is 23.6 Å². The van der Waals surface area contributed by atoms with Crippen molar-refractivity contribution in [2.45, 2.75) is 45.1 Å². The molecule has 0 radical (unpaired) electrons. The van der Waals surface area contributed by atoms with E-state index < -0.39 is 11.8 Å². The van der Waals surface area contributed by atoms with Crippen LogP contribution in [0, 0.1) is 24.5 Å². The number of carboxylic acid groups (broad SMARTS) is 1. The monoisotopic (exact) mass is 478 g/mol. The largest absolute Gasteiger partial charge is 0.481 e. The minimum atomic E-state index is -0.763. The number of hydrogen-bond acceptors (Lipinski definition) is 5. The van der Waals surface area contributed by atoms with Crippen molar-refractivity contribution < 1.29 is 23.4 Å². The van der Waals surface area contributed by atoms with Gasteiger partial charge in [-0.25, -0.2) is 23.7 Å². The second-order valence-corrected chi connectivity index (χ2v) is 9.01. The van der Waals surface area contributed by atoms with Crippen molar-refractivity contribution in [3.8, 4) is 28.5 Å². The molecule has 1 aliphatic carbocycles. The predicted octanol–water partition coefficient (Wildman–Crippen LogP) is 5.69. The van der Waals surface area contributed by atoms with E-state index in [9.17, 15) is 13.6 Å². The Morgan fingerprint density at radius 2 is 1.80 bits per heavy atom. The van der Waals surface area contributed by atoms with E-state index in [1.54, 1.807) is 37.5 Å². The molecular weight excluding hydrogens is 454 g/mol. The van der Waals surface area contributed by atoms with E-state index in [1.165, 1.54) is 12.1 Å². The molecule has 2 aromatic heterocycles. The van der Waals surface area contributed by atoms with E-state index >= 15 is 0 Å². The molecule has 180 valence electrons. The average molecular weight is 478 g/mol. The van der Waals surface area contributed by atoms with Crippen molar-refractivity contribution in [2.24, 2.45) is 5.92 Å². The number of ether oxygens (including phenoxy) is 1. The van der Waals surface area contributed by atoms with Gasteiger partial charge < -0.3 is 14.8 Å². The number of carbonyl (C=O) groups is 1. The van der Waals surface area contributed by atoms with E-state index in [0.717, 1.165) is 25.7 Å². The molecule has 5 rings (SSSR count). The number of aromatic amines is 1. The molecule has 1 fully saturated rings. The average Bonchev–Trinajstić information content (AvgIpc) is 3.23. The number of aryl methyl sites for hydroxylation is 1. The summed E-state index contributed by atoms with van der Waals surface area (Å²) in [6.45, 7) is 1.66. The fraction of sp³-hybridized carbons (Fsp3) is 0.308. The van der Waals surface area contributed by atoms with E-state index in [1.807, 2.05) is 0 Å². The van der Waals surface area contributed by atoms with Crippen LogP contribution in [0.3, 0.4) is 0 Å². The maximum atomic E-state index is 15.0. The van der Waals surface area contributed by atoms with Crippen LogP contribution in [0.2, 0.25) is 0 Å². The second kappa shape index (κ2) is 9.40. The number of aliphatic carboxylic acids is 1. The Balaban J connectivity index is 1.27. The summed E-state index contributed by atoms with van der Waals surface area (Å²) >= 11 is 0.